The molecule has 1 saturated heterocycles. The smallest absolute Gasteiger partial charge is 0.234 e. The Balaban J connectivity index is 1.88. The van der Waals surface area contributed by atoms with E-state index in [1.54, 1.807) is 22.7 Å². The fourth-order valence-electron chi connectivity index (χ4n) is 2.39. The summed E-state index contributed by atoms with van der Waals surface area (Å²) in [6.07, 6.45) is 0. The molecule has 2 aromatic carbocycles. The maximum absolute atomic E-state index is 13.3. The molecule has 0 aromatic heterocycles. The van der Waals surface area contributed by atoms with Gasteiger partial charge in [0, 0.05) is 17.1 Å². The summed E-state index contributed by atoms with van der Waals surface area (Å²) in [7, 11) is 0. The van der Waals surface area contributed by atoms with Crippen molar-refractivity contribution in [3.8, 4) is 0 Å². The SMILES string of the molecule is O=C1CSC(c2ccccc2Cl)N1Cc1cccc(F)c1. The minimum Gasteiger partial charge on any atom is -0.321 e. The monoisotopic (exact) mass is 321 g/mol. The number of rotatable bonds is 3. The summed E-state index contributed by atoms with van der Waals surface area (Å²) in [5, 5.41) is 0.531. The summed E-state index contributed by atoms with van der Waals surface area (Å²) in [5.41, 5.74) is 1.70. The van der Waals surface area contributed by atoms with Gasteiger partial charge >= 0.3 is 0 Å². The highest BCUT2D eigenvalue weighted by molar-refractivity contribution is 8.00. The molecule has 1 aliphatic heterocycles. The highest BCUT2D eigenvalue weighted by atomic mass is 35.5. The second-order valence-electron chi connectivity index (χ2n) is 4.84. The molecule has 0 bridgehead atoms. The van der Waals surface area contributed by atoms with Crippen molar-refractivity contribution in [1.29, 1.82) is 0 Å². The summed E-state index contributed by atoms with van der Waals surface area (Å²) in [6, 6.07) is 13.9. The van der Waals surface area contributed by atoms with Gasteiger partial charge in [0.1, 0.15) is 11.2 Å². The van der Waals surface area contributed by atoms with Crippen molar-refractivity contribution in [2.24, 2.45) is 0 Å². The maximum atomic E-state index is 13.3. The van der Waals surface area contributed by atoms with Crippen LogP contribution in [0.15, 0.2) is 48.5 Å². The maximum Gasteiger partial charge on any atom is 0.234 e. The van der Waals surface area contributed by atoms with Gasteiger partial charge in [-0.2, -0.15) is 0 Å². The number of hydrogen-bond donors (Lipinski definition) is 0. The van der Waals surface area contributed by atoms with E-state index in [9.17, 15) is 9.18 Å². The average molecular weight is 322 g/mol. The molecule has 0 radical (unpaired) electrons. The van der Waals surface area contributed by atoms with E-state index in [-0.39, 0.29) is 17.1 Å². The molecule has 2 aromatic rings. The highest BCUT2D eigenvalue weighted by Crippen LogP contribution is 2.42. The van der Waals surface area contributed by atoms with Crippen molar-refractivity contribution in [1.82, 2.24) is 4.90 Å². The zero-order valence-electron chi connectivity index (χ0n) is 11.1. The van der Waals surface area contributed by atoms with Crippen LogP contribution in [0.4, 0.5) is 4.39 Å². The van der Waals surface area contributed by atoms with Gasteiger partial charge < -0.3 is 4.90 Å². The van der Waals surface area contributed by atoms with Crippen LogP contribution in [0.3, 0.4) is 0 Å². The standard InChI is InChI=1S/C16H13ClFNOS/c17-14-7-2-1-6-13(14)16-19(15(20)10-21-16)9-11-4-3-5-12(18)8-11/h1-8,16H,9-10H2. The predicted molar refractivity (Wildman–Crippen MR) is 83.6 cm³/mol. The fourth-order valence-corrected chi connectivity index (χ4v) is 3.92. The number of benzene rings is 2. The van der Waals surface area contributed by atoms with Gasteiger partial charge in [-0.15, -0.1) is 11.8 Å². The first-order chi connectivity index (χ1) is 10.1. The zero-order chi connectivity index (χ0) is 14.8. The molecular weight excluding hydrogens is 309 g/mol. The van der Waals surface area contributed by atoms with Crippen molar-refractivity contribution < 1.29 is 9.18 Å². The molecule has 1 aliphatic rings. The lowest BCUT2D eigenvalue weighted by atomic mass is 10.1. The Morgan fingerprint density at radius 3 is 2.81 bits per heavy atom. The number of nitrogens with zero attached hydrogens (tertiary/aromatic N) is 1. The van der Waals surface area contributed by atoms with Gasteiger partial charge in [-0.25, -0.2) is 4.39 Å². The van der Waals surface area contributed by atoms with Gasteiger partial charge in [-0.05, 0) is 23.8 Å². The van der Waals surface area contributed by atoms with Crippen molar-refractivity contribution in [3.63, 3.8) is 0 Å². The summed E-state index contributed by atoms with van der Waals surface area (Å²) in [4.78, 5) is 13.9. The number of thioether (sulfide) groups is 1. The van der Waals surface area contributed by atoms with Crippen LogP contribution < -0.4 is 0 Å². The topological polar surface area (TPSA) is 20.3 Å². The minimum absolute atomic E-state index is 0.0502. The average Bonchev–Trinajstić information content (AvgIpc) is 2.81. The molecule has 0 aliphatic carbocycles. The first-order valence-electron chi connectivity index (χ1n) is 6.55. The second kappa shape index (κ2) is 6.08. The normalized spacial score (nSPS) is 18.3. The van der Waals surface area contributed by atoms with Crippen LogP contribution in [0, 0.1) is 5.82 Å². The van der Waals surface area contributed by atoms with Crippen molar-refractivity contribution in [3.05, 3.63) is 70.5 Å². The minimum atomic E-state index is -0.291. The molecule has 0 spiro atoms. The quantitative estimate of drug-likeness (QED) is 0.842. The number of hydrogen-bond acceptors (Lipinski definition) is 2. The van der Waals surface area contributed by atoms with E-state index in [1.807, 2.05) is 30.3 Å². The van der Waals surface area contributed by atoms with Crippen LogP contribution >= 0.6 is 23.4 Å². The number of halogens is 2. The van der Waals surface area contributed by atoms with E-state index in [1.165, 1.54) is 12.1 Å². The molecular formula is C16H13ClFNOS. The molecule has 1 unspecified atom stereocenters. The van der Waals surface area contributed by atoms with Crippen LogP contribution in [-0.2, 0) is 11.3 Å². The molecule has 0 saturated carbocycles. The van der Waals surface area contributed by atoms with E-state index < -0.39 is 0 Å². The first-order valence-corrected chi connectivity index (χ1v) is 7.98. The predicted octanol–water partition coefficient (Wildman–Crippen LogP) is 4.25. The number of carbonyl (C=O) groups is 1. The Morgan fingerprint density at radius 2 is 2.05 bits per heavy atom. The molecule has 0 N–H and O–H groups in total. The molecule has 21 heavy (non-hydrogen) atoms. The summed E-state index contributed by atoms with van der Waals surface area (Å²) in [6.45, 7) is 0.388. The van der Waals surface area contributed by atoms with Crippen LogP contribution in [0.1, 0.15) is 16.5 Å². The van der Waals surface area contributed by atoms with Crippen LogP contribution in [0.25, 0.3) is 0 Å². The van der Waals surface area contributed by atoms with Crippen LogP contribution in [0.2, 0.25) is 5.02 Å². The van der Waals surface area contributed by atoms with Gasteiger partial charge in [-0.1, -0.05) is 41.9 Å². The molecule has 108 valence electrons. The van der Waals surface area contributed by atoms with E-state index in [4.69, 9.17) is 11.6 Å². The molecule has 3 rings (SSSR count). The Kier molecular flexibility index (Phi) is 4.17. The number of carbonyl (C=O) groups excluding carboxylic acids is 1. The zero-order valence-corrected chi connectivity index (χ0v) is 12.7. The molecule has 5 heteroatoms. The van der Waals surface area contributed by atoms with Crippen LogP contribution in [-0.4, -0.2) is 16.6 Å². The molecule has 1 heterocycles. The third-order valence-corrected chi connectivity index (χ3v) is 4.96. The van der Waals surface area contributed by atoms with E-state index >= 15 is 0 Å². The number of amides is 1. The van der Waals surface area contributed by atoms with Gasteiger partial charge in [0.25, 0.3) is 0 Å². The van der Waals surface area contributed by atoms with Crippen molar-refractivity contribution >= 4 is 29.3 Å². The van der Waals surface area contributed by atoms with Crippen molar-refractivity contribution in [2.75, 3.05) is 5.75 Å². The third-order valence-electron chi connectivity index (χ3n) is 3.38. The Hall–Kier alpha value is -1.52. The molecule has 1 fully saturated rings. The Bertz CT molecular complexity index is 679. The van der Waals surface area contributed by atoms with Gasteiger partial charge in [0.2, 0.25) is 5.91 Å². The molecule has 2 nitrogen and oxygen atoms in total. The van der Waals surface area contributed by atoms with Gasteiger partial charge in [-0.3, -0.25) is 4.79 Å². The van der Waals surface area contributed by atoms with Gasteiger partial charge in [0.15, 0.2) is 0 Å². The summed E-state index contributed by atoms with van der Waals surface area (Å²) >= 11 is 7.78. The first kappa shape index (κ1) is 14.4. The fraction of sp³-hybridized carbons (Fsp3) is 0.188. The van der Waals surface area contributed by atoms with Crippen LogP contribution in [0.5, 0.6) is 0 Å². The van der Waals surface area contributed by atoms with E-state index in [2.05, 4.69) is 0 Å². The lowest BCUT2D eigenvalue weighted by Crippen LogP contribution is -2.27. The van der Waals surface area contributed by atoms with Gasteiger partial charge in [0.05, 0.1) is 5.75 Å². The highest BCUT2D eigenvalue weighted by Gasteiger charge is 2.33. The van der Waals surface area contributed by atoms with Crippen molar-refractivity contribution in [2.45, 2.75) is 11.9 Å². The van der Waals surface area contributed by atoms with E-state index in [0.29, 0.717) is 17.3 Å². The lowest BCUT2D eigenvalue weighted by Gasteiger charge is -2.25. The summed E-state index contributed by atoms with van der Waals surface area (Å²) in [5.74, 6) is 0.181. The second-order valence-corrected chi connectivity index (χ2v) is 6.31. The Labute approximate surface area is 131 Å². The molecule has 1 atom stereocenters. The summed E-state index contributed by atoms with van der Waals surface area (Å²) < 4.78 is 13.3. The lowest BCUT2D eigenvalue weighted by molar-refractivity contribution is -0.128. The van der Waals surface area contributed by atoms with E-state index in [0.717, 1.165) is 11.1 Å². The Morgan fingerprint density at radius 1 is 1.24 bits per heavy atom. The largest absolute Gasteiger partial charge is 0.321 e. The third kappa shape index (κ3) is 3.06. The molecule has 1 amide bonds.